The van der Waals surface area contributed by atoms with Crippen LogP contribution in [0.1, 0.15) is 62.2 Å². The minimum absolute atomic E-state index is 0.239. The third-order valence-electron chi connectivity index (χ3n) is 4.78. The van der Waals surface area contributed by atoms with Gasteiger partial charge >= 0.3 is 11.9 Å². The molecule has 1 aliphatic rings. The van der Waals surface area contributed by atoms with E-state index in [1.54, 1.807) is 24.3 Å². The number of esters is 2. The Morgan fingerprint density at radius 1 is 1.22 bits per heavy atom. The zero-order valence-electron chi connectivity index (χ0n) is 14.0. The number of benzene rings is 1. The van der Waals surface area contributed by atoms with Gasteiger partial charge in [0.05, 0.1) is 12.7 Å². The first-order valence-electron chi connectivity index (χ1n) is 8.48. The molecule has 23 heavy (non-hydrogen) atoms. The van der Waals surface area contributed by atoms with Gasteiger partial charge < -0.3 is 9.47 Å². The Morgan fingerprint density at radius 2 is 1.96 bits per heavy atom. The Kier molecular flexibility index (Phi) is 6.20. The van der Waals surface area contributed by atoms with Crippen LogP contribution in [0.3, 0.4) is 0 Å². The number of rotatable bonds is 7. The average molecular weight is 318 g/mol. The molecule has 1 aromatic carbocycles. The third-order valence-corrected chi connectivity index (χ3v) is 4.78. The standard InChI is InChI=1S/C19H26O4/c1-3-4-8-13-19(18(21)22-2)14-9-12-16(19)23-17(20)15-10-6-5-7-11-15/h5-7,10-11,16H,3-4,8-9,12-14H2,1-2H3. The van der Waals surface area contributed by atoms with Crippen molar-refractivity contribution >= 4 is 11.9 Å². The molecule has 126 valence electrons. The van der Waals surface area contributed by atoms with E-state index in [4.69, 9.17) is 9.47 Å². The smallest absolute Gasteiger partial charge is 0.338 e. The van der Waals surface area contributed by atoms with Crippen LogP contribution >= 0.6 is 0 Å². The van der Waals surface area contributed by atoms with Gasteiger partial charge in [0, 0.05) is 0 Å². The highest BCUT2D eigenvalue weighted by atomic mass is 16.6. The van der Waals surface area contributed by atoms with Gasteiger partial charge in [-0.05, 0) is 37.8 Å². The highest BCUT2D eigenvalue weighted by Gasteiger charge is 2.51. The Morgan fingerprint density at radius 3 is 2.61 bits per heavy atom. The van der Waals surface area contributed by atoms with Crippen LogP contribution in [0.2, 0.25) is 0 Å². The molecule has 4 heteroatoms. The Hall–Kier alpha value is -1.84. The number of ether oxygens (including phenoxy) is 2. The Balaban J connectivity index is 2.14. The van der Waals surface area contributed by atoms with Crippen molar-refractivity contribution in [1.82, 2.24) is 0 Å². The molecule has 1 fully saturated rings. The minimum Gasteiger partial charge on any atom is -0.468 e. The van der Waals surface area contributed by atoms with Crippen LogP contribution in [0.4, 0.5) is 0 Å². The van der Waals surface area contributed by atoms with Crippen molar-refractivity contribution in [1.29, 1.82) is 0 Å². The van der Waals surface area contributed by atoms with E-state index in [-0.39, 0.29) is 18.0 Å². The summed E-state index contributed by atoms with van der Waals surface area (Å²) < 4.78 is 10.8. The number of carbonyl (C=O) groups excluding carboxylic acids is 2. The predicted molar refractivity (Wildman–Crippen MR) is 88.1 cm³/mol. The second kappa shape index (κ2) is 8.14. The van der Waals surface area contributed by atoms with Crippen molar-refractivity contribution < 1.29 is 19.1 Å². The summed E-state index contributed by atoms with van der Waals surface area (Å²) in [7, 11) is 1.41. The summed E-state index contributed by atoms with van der Waals surface area (Å²) in [5.74, 6) is -0.599. The van der Waals surface area contributed by atoms with Gasteiger partial charge in [0.2, 0.25) is 0 Å². The number of methoxy groups -OCH3 is 1. The molecule has 0 heterocycles. The van der Waals surface area contributed by atoms with E-state index in [0.29, 0.717) is 5.56 Å². The molecular formula is C19H26O4. The van der Waals surface area contributed by atoms with E-state index >= 15 is 0 Å². The number of unbranched alkanes of at least 4 members (excludes halogenated alkanes) is 2. The molecule has 0 aliphatic heterocycles. The van der Waals surface area contributed by atoms with Crippen LogP contribution in [0.5, 0.6) is 0 Å². The van der Waals surface area contributed by atoms with Crippen LogP contribution in [0, 0.1) is 5.41 Å². The summed E-state index contributed by atoms with van der Waals surface area (Å²) in [5, 5.41) is 0. The first kappa shape index (κ1) is 17.5. The van der Waals surface area contributed by atoms with Gasteiger partial charge in [-0.15, -0.1) is 0 Å². The fourth-order valence-corrected chi connectivity index (χ4v) is 3.50. The molecule has 0 aromatic heterocycles. The molecule has 2 rings (SSSR count). The molecule has 0 N–H and O–H groups in total. The van der Waals surface area contributed by atoms with Crippen molar-refractivity contribution in [3.8, 4) is 0 Å². The highest BCUT2D eigenvalue weighted by Crippen LogP contribution is 2.45. The van der Waals surface area contributed by atoms with Gasteiger partial charge in [0.1, 0.15) is 11.5 Å². The zero-order chi connectivity index (χ0) is 16.7. The van der Waals surface area contributed by atoms with E-state index in [9.17, 15) is 9.59 Å². The van der Waals surface area contributed by atoms with Crippen molar-refractivity contribution in [2.75, 3.05) is 7.11 Å². The maximum absolute atomic E-state index is 12.4. The number of hydrogen-bond acceptors (Lipinski definition) is 4. The lowest BCUT2D eigenvalue weighted by Crippen LogP contribution is -2.42. The SMILES string of the molecule is CCCCCC1(C(=O)OC)CCCC1OC(=O)c1ccccc1. The van der Waals surface area contributed by atoms with E-state index in [1.165, 1.54) is 7.11 Å². The first-order valence-corrected chi connectivity index (χ1v) is 8.48. The molecule has 1 aliphatic carbocycles. The van der Waals surface area contributed by atoms with E-state index in [1.807, 2.05) is 6.07 Å². The molecule has 0 bridgehead atoms. The van der Waals surface area contributed by atoms with Gasteiger partial charge in [0.25, 0.3) is 0 Å². The Labute approximate surface area is 138 Å². The molecular weight excluding hydrogens is 292 g/mol. The maximum Gasteiger partial charge on any atom is 0.338 e. The second-order valence-electron chi connectivity index (χ2n) is 6.26. The molecule has 0 radical (unpaired) electrons. The third kappa shape index (κ3) is 3.92. The molecule has 2 atom stereocenters. The van der Waals surface area contributed by atoms with Crippen molar-refractivity contribution in [2.24, 2.45) is 5.41 Å². The average Bonchev–Trinajstić information content (AvgIpc) is 2.99. The fraction of sp³-hybridized carbons (Fsp3) is 0.579. The number of carbonyl (C=O) groups is 2. The van der Waals surface area contributed by atoms with E-state index < -0.39 is 5.41 Å². The summed E-state index contributed by atoms with van der Waals surface area (Å²) in [4.78, 5) is 24.8. The molecule has 0 saturated heterocycles. The predicted octanol–water partition coefficient (Wildman–Crippen LogP) is 4.14. The maximum atomic E-state index is 12.4. The fourth-order valence-electron chi connectivity index (χ4n) is 3.50. The first-order chi connectivity index (χ1) is 11.1. The summed E-state index contributed by atoms with van der Waals surface area (Å²) in [6.45, 7) is 2.13. The highest BCUT2D eigenvalue weighted by molar-refractivity contribution is 5.90. The monoisotopic (exact) mass is 318 g/mol. The molecule has 2 unspecified atom stereocenters. The van der Waals surface area contributed by atoms with Gasteiger partial charge in [0.15, 0.2) is 0 Å². The van der Waals surface area contributed by atoms with Crippen molar-refractivity contribution in [3.05, 3.63) is 35.9 Å². The second-order valence-corrected chi connectivity index (χ2v) is 6.26. The summed E-state index contributed by atoms with van der Waals surface area (Å²) in [6.07, 6.45) is 5.78. The minimum atomic E-state index is -0.672. The lowest BCUT2D eigenvalue weighted by Gasteiger charge is -2.32. The van der Waals surface area contributed by atoms with Gasteiger partial charge in [-0.2, -0.15) is 0 Å². The normalized spacial score (nSPS) is 23.5. The Bertz CT molecular complexity index is 525. The van der Waals surface area contributed by atoms with Crippen LogP contribution in [0.25, 0.3) is 0 Å². The molecule has 1 aromatic rings. The van der Waals surface area contributed by atoms with Gasteiger partial charge in [-0.25, -0.2) is 4.79 Å². The molecule has 0 amide bonds. The topological polar surface area (TPSA) is 52.6 Å². The quantitative estimate of drug-likeness (QED) is 0.560. The van der Waals surface area contributed by atoms with Crippen LogP contribution in [0.15, 0.2) is 30.3 Å². The lowest BCUT2D eigenvalue weighted by molar-refractivity contribution is -0.159. The van der Waals surface area contributed by atoms with Gasteiger partial charge in [-0.3, -0.25) is 4.79 Å². The van der Waals surface area contributed by atoms with Gasteiger partial charge in [-0.1, -0.05) is 44.4 Å². The lowest BCUT2D eigenvalue weighted by atomic mass is 9.79. The van der Waals surface area contributed by atoms with E-state index in [0.717, 1.165) is 44.9 Å². The summed E-state index contributed by atoms with van der Waals surface area (Å²) >= 11 is 0. The summed E-state index contributed by atoms with van der Waals surface area (Å²) in [5.41, 5.74) is -0.152. The van der Waals surface area contributed by atoms with Crippen molar-refractivity contribution in [2.45, 2.75) is 58.0 Å². The van der Waals surface area contributed by atoms with Crippen LogP contribution in [-0.2, 0) is 14.3 Å². The largest absolute Gasteiger partial charge is 0.468 e. The van der Waals surface area contributed by atoms with Crippen LogP contribution in [-0.4, -0.2) is 25.2 Å². The zero-order valence-corrected chi connectivity index (χ0v) is 14.0. The van der Waals surface area contributed by atoms with Crippen molar-refractivity contribution in [3.63, 3.8) is 0 Å². The van der Waals surface area contributed by atoms with E-state index in [2.05, 4.69) is 6.92 Å². The molecule has 0 spiro atoms. The molecule has 1 saturated carbocycles. The summed E-state index contributed by atoms with van der Waals surface area (Å²) in [6, 6.07) is 8.93. The molecule has 4 nitrogen and oxygen atoms in total. The van der Waals surface area contributed by atoms with Crippen LogP contribution < -0.4 is 0 Å². The number of hydrogen-bond donors (Lipinski definition) is 0.